The quantitative estimate of drug-likeness (QED) is 0.717. The third-order valence-electron chi connectivity index (χ3n) is 3.13. The minimum Gasteiger partial charge on any atom is -0.330 e. The highest BCUT2D eigenvalue weighted by Crippen LogP contribution is 2.23. The smallest absolute Gasteiger partial charge is 0.0208 e. The maximum Gasteiger partial charge on any atom is 0.0208 e. The highest BCUT2D eigenvalue weighted by Gasteiger charge is 2.13. The van der Waals surface area contributed by atoms with Crippen molar-refractivity contribution in [2.24, 2.45) is 17.6 Å². The lowest BCUT2D eigenvalue weighted by Gasteiger charge is -2.22. The molecule has 0 radical (unpaired) electrons. The van der Waals surface area contributed by atoms with Crippen molar-refractivity contribution in [1.29, 1.82) is 0 Å². The predicted octanol–water partition coefficient (Wildman–Crippen LogP) is 1.61. The van der Waals surface area contributed by atoms with Crippen LogP contribution in [0.25, 0.3) is 0 Å². The highest BCUT2D eigenvalue weighted by molar-refractivity contribution is 5.43. The summed E-state index contributed by atoms with van der Waals surface area (Å²) >= 11 is 0. The first-order valence-corrected chi connectivity index (χ1v) is 5.80. The van der Waals surface area contributed by atoms with Crippen molar-refractivity contribution in [3.05, 3.63) is 35.5 Å². The summed E-state index contributed by atoms with van der Waals surface area (Å²) in [4.78, 5) is 0. The Labute approximate surface area is 91.9 Å². The average Bonchev–Trinajstić information content (AvgIpc) is 2.29. The molecule has 0 aromatic heterocycles. The van der Waals surface area contributed by atoms with E-state index in [-0.39, 0.29) is 0 Å². The number of rotatable bonds is 2. The first-order valence-electron chi connectivity index (χ1n) is 5.80. The molecule has 2 unspecified atom stereocenters. The fourth-order valence-electron chi connectivity index (χ4n) is 2.17. The van der Waals surface area contributed by atoms with Gasteiger partial charge in [-0.15, -0.1) is 0 Å². The van der Waals surface area contributed by atoms with E-state index in [4.69, 9.17) is 5.73 Å². The van der Waals surface area contributed by atoms with E-state index in [1.54, 1.807) is 0 Å². The Balaban J connectivity index is 2.07. The lowest BCUT2D eigenvalue weighted by Crippen LogP contribution is -2.28. The summed E-state index contributed by atoms with van der Waals surface area (Å²) < 4.78 is 0. The first kappa shape index (κ1) is 10.7. The zero-order chi connectivity index (χ0) is 10.7. The SMILES string of the molecule is CC1C=C(C2=CCC(CN)C=C2)CNC1. The minimum absolute atomic E-state index is 0.545. The van der Waals surface area contributed by atoms with Gasteiger partial charge < -0.3 is 11.1 Å². The standard InChI is InChI=1S/C13H20N2/c1-10-6-13(9-15-8-10)12-4-2-11(7-14)3-5-12/h2,4-6,10-11,15H,3,7-9,14H2,1H3. The van der Waals surface area contributed by atoms with E-state index in [9.17, 15) is 0 Å². The van der Waals surface area contributed by atoms with Gasteiger partial charge in [-0.3, -0.25) is 0 Å². The molecule has 0 amide bonds. The molecule has 82 valence electrons. The Kier molecular flexibility index (Phi) is 3.39. The van der Waals surface area contributed by atoms with Gasteiger partial charge in [0, 0.05) is 13.1 Å². The summed E-state index contributed by atoms with van der Waals surface area (Å²) in [7, 11) is 0. The fourth-order valence-corrected chi connectivity index (χ4v) is 2.17. The minimum atomic E-state index is 0.545. The first-order chi connectivity index (χ1) is 7.29. The van der Waals surface area contributed by atoms with Gasteiger partial charge in [0.1, 0.15) is 0 Å². The van der Waals surface area contributed by atoms with Gasteiger partial charge in [-0.05, 0) is 35.9 Å². The summed E-state index contributed by atoms with van der Waals surface area (Å²) in [6.07, 6.45) is 10.3. The van der Waals surface area contributed by atoms with Gasteiger partial charge in [0.2, 0.25) is 0 Å². The molecule has 3 N–H and O–H groups in total. The molecule has 2 heteroatoms. The van der Waals surface area contributed by atoms with Crippen LogP contribution in [0.3, 0.4) is 0 Å². The van der Waals surface area contributed by atoms with Crippen molar-refractivity contribution in [2.75, 3.05) is 19.6 Å². The number of hydrogen-bond acceptors (Lipinski definition) is 2. The highest BCUT2D eigenvalue weighted by atomic mass is 14.9. The lowest BCUT2D eigenvalue weighted by molar-refractivity contribution is 0.584. The van der Waals surface area contributed by atoms with E-state index in [0.29, 0.717) is 11.8 Å². The Morgan fingerprint density at radius 2 is 2.40 bits per heavy atom. The van der Waals surface area contributed by atoms with Crippen LogP contribution in [0.5, 0.6) is 0 Å². The molecule has 0 saturated heterocycles. The van der Waals surface area contributed by atoms with Crippen LogP contribution in [0.4, 0.5) is 0 Å². The molecule has 1 heterocycles. The molecule has 0 aromatic carbocycles. The van der Waals surface area contributed by atoms with Crippen LogP contribution in [-0.2, 0) is 0 Å². The van der Waals surface area contributed by atoms with E-state index >= 15 is 0 Å². The number of nitrogens with one attached hydrogen (secondary N) is 1. The molecule has 0 aromatic rings. The van der Waals surface area contributed by atoms with Crippen molar-refractivity contribution < 1.29 is 0 Å². The molecule has 0 saturated carbocycles. The molecule has 0 spiro atoms. The lowest BCUT2D eigenvalue weighted by atomic mass is 9.90. The van der Waals surface area contributed by atoms with Crippen LogP contribution in [0.2, 0.25) is 0 Å². The monoisotopic (exact) mass is 204 g/mol. The second-order valence-electron chi connectivity index (χ2n) is 4.55. The molecular formula is C13H20N2. The Hall–Kier alpha value is -0.860. The van der Waals surface area contributed by atoms with Gasteiger partial charge in [0.25, 0.3) is 0 Å². The van der Waals surface area contributed by atoms with Crippen molar-refractivity contribution in [1.82, 2.24) is 5.32 Å². The van der Waals surface area contributed by atoms with Crippen LogP contribution in [0, 0.1) is 11.8 Å². The second kappa shape index (κ2) is 4.77. The zero-order valence-corrected chi connectivity index (χ0v) is 9.37. The third-order valence-corrected chi connectivity index (χ3v) is 3.13. The molecule has 1 aliphatic heterocycles. The summed E-state index contributed by atoms with van der Waals surface area (Å²) in [5.41, 5.74) is 8.47. The van der Waals surface area contributed by atoms with Crippen LogP contribution in [0.15, 0.2) is 35.5 Å². The summed E-state index contributed by atoms with van der Waals surface area (Å²) in [6.45, 7) is 5.12. The van der Waals surface area contributed by atoms with E-state index < -0.39 is 0 Å². The summed E-state index contributed by atoms with van der Waals surface area (Å²) in [5, 5.41) is 3.44. The van der Waals surface area contributed by atoms with Crippen molar-refractivity contribution in [3.8, 4) is 0 Å². The zero-order valence-electron chi connectivity index (χ0n) is 9.37. The van der Waals surface area contributed by atoms with Gasteiger partial charge >= 0.3 is 0 Å². The van der Waals surface area contributed by atoms with Crippen LogP contribution >= 0.6 is 0 Å². The van der Waals surface area contributed by atoms with Crippen molar-refractivity contribution in [3.63, 3.8) is 0 Å². The van der Waals surface area contributed by atoms with E-state index in [1.165, 1.54) is 11.1 Å². The maximum atomic E-state index is 5.64. The molecule has 15 heavy (non-hydrogen) atoms. The molecule has 0 fully saturated rings. The van der Waals surface area contributed by atoms with Crippen molar-refractivity contribution in [2.45, 2.75) is 13.3 Å². The van der Waals surface area contributed by atoms with Gasteiger partial charge in [0.15, 0.2) is 0 Å². The molecule has 2 aliphatic rings. The molecule has 2 atom stereocenters. The number of hydrogen-bond donors (Lipinski definition) is 2. The summed E-state index contributed by atoms with van der Waals surface area (Å²) in [6, 6.07) is 0. The van der Waals surface area contributed by atoms with Gasteiger partial charge in [-0.25, -0.2) is 0 Å². The maximum absolute atomic E-state index is 5.64. The largest absolute Gasteiger partial charge is 0.330 e. The van der Waals surface area contributed by atoms with Crippen molar-refractivity contribution >= 4 is 0 Å². The second-order valence-corrected chi connectivity index (χ2v) is 4.55. The van der Waals surface area contributed by atoms with Gasteiger partial charge in [-0.2, -0.15) is 0 Å². The molecule has 2 rings (SSSR count). The normalized spacial score (nSPS) is 31.1. The van der Waals surface area contributed by atoms with E-state index in [1.807, 2.05) is 0 Å². The molecule has 0 bridgehead atoms. The Bertz CT molecular complexity index is 312. The fraction of sp³-hybridized carbons (Fsp3) is 0.538. The Morgan fingerprint density at radius 3 is 3.00 bits per heavy atom. The summed E-state index contributed by atoms with van der Waals surface area (Å²) in [5.74, 6) is 1.19. The van der Waals surface area contributed by atoms with Crippen LogP contribution in [0.1, 0.15) is 13.3 Å². The molecular weight excluding hydrogens is 184 g/mol. The number of allylic oxidation sites excluding steroid dienone is 2. The molecule has 2 nitrogen and oxygen atoms in total. The van der Waals surface area contributed by atoms with Crippen LogP contribution in [-0.4, -0.2) is 19.6 Å². The van der Waals surface area contributed by atoms with Gasteiger partial charge in [0.05, 0.1) is 0 Å². The van der Waals surface area contributed by atoms with E-state index in [2.05, 4.69) is 36.5 Å². The predicted molar refractivity (Wildman–Crippen MR) is 64.5 cm³/mol. The Morgan fingerprint density at radius 1 is 1.53 bits per heavy atom. The third kappa shape index (κ3) is 2.58. The van der Waals surface area contributed by atoms with Crippen LogP contribution < -0.4 is 11.1 Å². The number of nitrogens with two attached hydrogens (primary N) is 1. The van der Waals surface area contributed by atoms with Gasteiger partial charge in [-0.1, -0.05) is 31.2 Å². The molecule has 1 aliphatic carbocycles. The topological polar surface area (TPSA) is 38.0 Å². The van der Waals surface area contributed by atoms with E-state index in [0.717, 1.165) is 26.1 Å². The average molecular weight is 204 g/mol.